The first-order valence-electron chi connectivity index (χ1n) is 19.7. The van der Waals surface area contributed by atoms with Crippen LogP contribution in [0.4, 0.5) is 8.78 Å². The van der Waals surface area contributed by atoms with E-state index in [2.05, 4.69) is 0 Å². The number of carboxylic acid groups (broad SMARTS) is 1. The molecular formula is C46H42Cl4F2N4O4S2. The molecule has 324 valence electrons. The SMILES string of the molecule is CC(C)C1=C(C(=O)O)SC2=NC(C)(c3ccc(Cl)cc3)C(c3ccc(Cl)cc3F)N21.CCOC(=O)C1=C(C(C)C)N2C(=NC(C)(c3ccc(Cl)cc3)C2c2ccc(Cl)cc2F)S1. The largest absolute Gasteiger partial charge is 0.477 e. The third kappa shape index (κ3) is 8.27. The van der Waals surface area contributed by atoms with E-state index in [1.165, 1.54) is 23.9 Å². The molecule has 4 unspecified atom stereocenters. The Bertz CT molecular complexity index is 2590. The summed E-state index contributed by atoms with van der Waals surface area (Å²) in [5, 5.41) is 12.8. The predicted octanol–water partition coefficient (Wildman–Crippen LogP) is 13.4. The van der Waals surface area contributed by atoms with Crippen LogP contribution < -0.4 is 0 Å². The monoisotopic (exact) mass is 956 g/mol. The van der Waals surface area contributed by atoms with Crippen LogP contribution in [0.1, 0.15) is 82.8 Å². The standard InChI is InChI=1S/C24H23Cl2FN2O2S.C22H19Cl2FN2O2S/c1-5-31-22(30)20-19(13(2)3)29-21(17-11-10-16(26)12-18(17)27)24(4,28-23(29)32-20)14-6-8-15(25)9-7-14;1-11(2)17-18(20(28)29)30-21-26-22(3,12-4-6-13(23)7-5-12)19(27(17)21)15-9-8-14(24)10-16(15)25/h6-13,21H,5H2,1-4H3;4-11,19H,1-3H3,(H,28,29). The number of fused-ring (bicyclic) bond motifs is 2. The molecule has 1 N–H and O–H groups in total. The Morgan fingerprint density at radius 2 is 1.05 bits per heavy atom. The van der Waals surface area contributed by atoms with Gasteiger partial charge in [-0.3, -0.25) is 0 Å². The number of carboxylic acids is 1. The summed E-state index contributed by atoms with van der Waals surface area (Å²) in [6.45, 7) is 13.8. The first-order valence-corrected chi connectivity index (χ1v) is 22.9. The van der Waals surface area contributed by atoms with E-state index in [0.29, 0.717) is 52.2 Å². The number of rotatable bonds is 9. The van der Waals surface area contributed by atoms with Gasteiger partial charge in [0.2, 0.25) is 0 Å². The molecule has 0 radical (unpaired) electrons. The zero-order valence-corrected chi connectivity index (χ0v) is 39.3. The van der Waals surface area contributed by atoms with Gasteiger partial charge in [0.1, 0.15) is 32.5 Å². The minimum absolute atomic E-state index is 0.0139. The van der Waals surface area contributed by atoms with Crippen molar-refractivity contribution >= 4 is 92.2 Å². The number of allylic oxidation sites excluding steroid dienone is 2. The van der Waals surface area contributed by atoms with E-state index < -0.39 is 40.8 Å². The lowest BCUT2D eigenvalue weighted by Crippen LogP contribution is -2.36. The number of amidine groups is 2. The highest BCUT2D eigenvalue weighted by Crippen LogP contribution is 2.58. The average molecular weight is 959 g/mol. The van der Waals surface area contributed by atoms with Gasteiger partial charge in [0.15, 0.2) is 10.3 Å². The first kappa shape index (κ1) is 46.0. The Labute approximate surface area is 388 Å². The summed E-state index contributed by atoms with van der Waals surface area (Å²) in [6.07, 6.45) is 0. The van der Waals surface area contributed by atoms with Gasteiger partial charge < -0.3 is 19.6 Å². The molecule has 4 aliphatic heterocycles. The van der Waals surface area contributed by atoms with Gasteiger partial charge in [0, 0.05) is 42.6 Å². The molecule has 62 heavy (non-hydrogen) atoms. The van der Waals surface area contributed by atoms with E-state index in [1.54, 1.807) is 55.5 Å². The number of aliphatic carboxylic acids is 1. The third-order valence-electron chi connectivity index (χ3n) is 11.1. The van der Waals surface area contributed by atoms with Crippen molar-refractivity contribution in [1.82, 2.24) is 9.80 Å². The van der Waals surface area contributed by atoms with Gasteiger partial charge >= 0.3 is 11.9 Å². The normalized spacial score (nSPS) is 22.8. The van der Waals surface area contributed by atoms with Crippen molar-refractivity contribution in [3.63, 3.8) is 0 Å². The predicted molar refractivity (Wildman–Crippen MR) is 248 cm³/mol. The van der Waals surface area contributed by atoms with Crippen LogP contribution >= 0.6 is 69.9 Å². The number of thioether (sulfide) groups is 2. The number of carbonyl (C=O) groups excluding carboxylic acids is 1. The van der Waals surface area contributed by atoms with Crippen molar-refractivity contribution in [3.8, 4) is 0 Å². The topological polar surface area (TPSA) is 94.8 Å². The smallest absolute Gasteiger partial charge is 0.346 e. The Balaban J connectivity index is 0.000000187. The number of aliphatic imine (C=N–C) groups is 2. The second-order valence-corrected chi connectivity index (χ2v) is 19.6. The van der Waals surface area contributed by atoms with Crippen LogP contribution in [0.15, 0.2) is 116 Å². The molecule has 0 aliphatic carbocycles. The zero-order chi connectivity index (χ0) is 45.0. The van der Waals surface area contributed by atoms with E-state index in [0.717, 1.165) is 28.6 Å². The van der Waals surface area contributed by atoms with E-state index in [4.69, 9.17) is 61.1 Å². The highest BCUT2D eigenvalue weighted by Gasteiger charge is 2.55. The molecule has 0 spiro atoms. The zero-order valence-electron chi connectivity index (χ0n) is 34.6. The summed E-state index contributed by atoms with van der Waals surface area (Å²) >= 11 is 26.6. The van der Waals surface area contributed by atoms with Crippen LogP contribution in [0.25, 0.3) is 0 Å². The maximum absolute atomic E-state index is 15.3. The lowest BCUT2D eigenvalue weighted by molar-refractivity contribution is -0.137. The van der Waals surface area contributed by atoms with Crippen molar-refractivity contribution in [1.29, 1.82) is 0 Å². The number of halogens is 6. The lowest BCUT2D eigenvalue weighted by atomic mass is 9.81. The summed E-state index contributed by atoms with van der Waals surface area (Å²) in [6, 6.07) is 22.9. The summed E-state index contributed by atoms with van der Waals surface area (Å²) in [5.74, 6) is -2.38. The fourth-order valence-electron chi connectivity index (χ4n) is 8.41. The quantitative estimate of drug-likeness (QED) is 0.166. The van der Waals surface area contributed by atoms with Crippen molar-refractivity contribution in [2.75, 3.05) is 6.61 Å². The highest BCUT2D eigenvalue weighted by molar-refractivity contribution is 8.18. The Hall–Kier alpha value is -4.04. The molecule has 0 fully saturated rings. The number of hydrogen-bond donors (Lipinski definition) is 1. The molecule has 4 atom stereocenters. The second-order valence-electron chi connectivity index (χ2n) is 15.9. The van der Waals surface area contributed by atoms with Crippen LogP contribution in [-0.2, 0) is 25.4 Å². The van der Waals surface area contributed by atoms with Gasteiger partial charge in [-0.25, -0.2) is 28.4 Å². The molecule has 0 saturated heterocycles. The van der Waals surface area contributed by atoms with Gasteiger partial charge in [-0.15, -0.1) is 0 Å². The molecule has 8 nitrogen and oxygen atoms in total. The van der Waals surface area contributed by atoms with Gasteiger partial charge in [-0.05, 0) is 116 Å². The number of carbonyl (C=O) groups is 2. The number of ether oxygens (including phenoxy) is 1. The molecule has 0 amide bonds. The van der Waals surface area contributed by atoms with Crippen molar-refractivity contribution < 1.29 is 28.2 Å². The minimum atomic E-state index is -1.01. The summed E-state index contributed by atoms with van der Waals surface area (Å²) in [7, 11) is 0. The summed E-state index contributed by atoms with van der Waals surface area (Å²) < 4.78 is 35.7. The Morgan fingerprint density at radius 1 is 0.677 bits per heavy atom. The molecule has 0 saturated carbocycles. The fourth-order valence-corrected chi connectivity index (χ4v) is 11.5. The molecule has 0 bridgehead atoms. The van der Waals surface area contributed by atoms with E-state index >= 15 is 8.78 Å². The Kier molecular flexibility index (Phi) is 13.2. The number of nitrogens with zero attached hydrogens (tertiary/aromatic N) is 4. The van der Waals surface area contributed by atoms with E-state index in [9.17, 15) is 14.7 Å². The molecule has 4 aliphatic rings. The number of benzene rings is 4. The molecule has 4 aromatic carbocycles. The fraction of sp³-hybridized carbons (Fsp3) is 0.304. The summed E-state index contributed by atoms with van der Waals surface area (Å²) in [4.78, 5) is 39.2. The van der Waals surface area contributed by atoms with Gasteiger partial charge in [-0.2, -0.15) is 0 Å². The number of hydrogen-bond acceptors (Lipinski definition) is 9. The maximum Gasteiger partial charge on any atom is 0.346 e. The molecule has 8 rings (SSSR count). The van der Waals surface area contributed by atoms with Crippen LogP contribution in [0.2, 0.25) is 20.1 Å². The third-order valence-corrected chi connectivity index (χ3v) is 14.2. The first-order chi connectivity index (χ1) is 29.3. The van der Waals surface area contributed by atoms with Gasteiger partial charge in [0.05, 0.1) is 18.7 Å². The van der Waals surface area contributed by atoms with Crippen LogP contribution in [0.3, 0.4) is 0 Å². The van der Waals surface area contributed by atoms with Crippen molar-refractivity contribution in [3.05, 3.63) is 160 Å². The highest BCUT2D eigenvalue weighted by atomic mass is 35.5. The van der Waals surface area contributed by atoms with E-state index in [-0.39, 0.29) is 29.3 Å². The van der Waals surface area contributed by atoms with E-state index in [1.807, 2.05) is 75.6 Å². The van der Waals surface area contributed by atoms with Gasteiger partial charge in [0.25, 0.3) is 0 Å². The molecule has 0 aromatic heterocycles. The van der Waals surface area contributed by atoms with Crippen LogP contribution in [0.5, 0.6) is 0 Å². The average Bonchev–Trinajstić information content (AvgIpc) is 3.91. The number of esters is 1. The minimum Gasteiger partial charge on any atom is -0.477 e. The molecule has 16 heteroatoms. The Morgan fingerprint density at radius 3 is 1.40 bits per heavy atom. The second kappa shape index (κ2) is 17.9. The lowest BCUT2D eigenvalue weighted by Gasteiger charge is -2.37. The molecular weight excluding hydrogens is 916 g/mol. The van der Waals surface area contributed by atoms with Crippen LogP contribution in [-0.4, -0.2) is 43.8 Å². The van der Waals surface area contributed by atoms with Crippen molar-refractivity contribution in [2.24, 2.45) is 21.8 Å². The molecule has 4 heterocycles. The summed E-state index contributed by atoms with van der Waals surface area (Å²) in [5.41, 5.74) is 2.34. The molecule has 4 aromatic rings. The van der Waals surface area contributed by atoms with Crippen LogP contribution in [0, 0.1) is 23.5 Å². The van der Waals surface area contributed by atoms with Gasteiger partial charge in [-0.1, -0.05) is 110 Å². The van der Waals surface area contributed by atoms with Crippen molar-refractivity contribution in [2.45, 2.75) is 71.6 Å². The maximum atomic E-state index is 15.3.